The van der Waals surface area contributed by atoms with Gasteiger partial charge in [0.15, 0.2) is 5.13 Å². The second kappa shape index (κ2) is 5.98. The van der Waals surface area contributed by atoms with Crippen molar-refractivity contribution in [2.75, 3.05) is 0 Å². The highest BCUT2D eigenvalue weighted by atomic mass is 35.5. The van der Waals surface area contributed by atoms with Crippen molar-refractivity contribution >= 4 is 23.7 Å². The van der Waals surface area contributed by atoms with Gasteiger partial charge in [0.25, 0.3) is 0 Å². The van der Waals surface area contributed by atoms with E-state index in [4.69, 9.17) is 0 Å². The fraction of sp³-hybridized carbons (Fsp3) is 0.300. The first kappa shape index (κ1) is 13.2. The summed E-state index contributed by atoms with van der Waals surface area (Å²) in [5.74, 6) is 0. The highest BCUT2D eigenvalue weighted by Gasteiger charge is 2.00. The molecular formula is C10H13ClFN3S. The topological polar surface area (TPSA) is 29.9 Å². The largest absolute Gasteiger partial charge is 0.306 e. The van der Waals surface area contributed by atoms with Crippen LogP contribution in [0, 0.1) is 5.13 Å². The van der Waals surface area contributed by atoms with E-state index < -0.39 is 0 Å². The zero-order chi connectivity index (χ0) is 10.7. The Kier molecular flexibility index (Phi) is 4.92. The Morgan fingerprint density at radius 2 is 2.19 bits per heavy atom. The monoisotopic (exact) mass is 261 g/mol. The van der Waals surface area contributed by atoms with Crippen LogP contribution >= 0.6 is 23.7 Å². The van der Waals surface area contributed by atoms with E-state index in [0.717, 1.165) is 17.1 Å². The molecule has 0 fully saturated rings. The van der Waals surface area contributed by atoms with Crippen molar-refractivity contribution in [3.63, 3.8) is 0 Å². The lowest BCUT2D eigenvalue weighted by Crippen LogP contribution is -2.14. The molecule has 0 atom stereocenters. The number of nitrogens with zero attached hydrogens (tertiary/aromatic N) is 2. The van der Waals surface area contributed by atoms with Crippen LogP contribution < -0.4 is 5.32 Å². The first-order chi connectivity index (χ1) is 7.25. The predicted octanol–water partition coefficient (Wildman–Crippen LogP) is 2.33. The number of halogens is 2. The van der Waals surface area contributed by atoms with E-state index in [1.807, 2.05) is 17.8 Å². The van der Waals surface area contributed by atoms with Crippen molar-refractivity contribution < 1.29 is 4.39 Å². The van der Waals surface area contributed by atoms with Gasteiger partial charge in [-0.05, 0) is 18.2 Å². The normalized spacial score (nSPS) is 10.1. The minimum atomic E-state index is -0.132. The zero-order valence-electron chi connectivity index (χ0n) is 8.81. The van der Waals surface area contributed by atoms with Crippen molar-refractivity contribution in [1.82, 2.24) is 15.1 Å². The Hall–Kier alpha value is -0.910. The van der Waals surface area contributed by atoms with Crippen molar-refractivity contribution in [3.8, 4) is 0 Å². The number of aryl methyl sites for hydroxylation is 1. The second-order valence-electron chi connectivity index (χ2n) is 3.26. The summed E-state index contributed by atoms with van der Waals surface area (Å²) in [7, 11) is 1.90. The number of nitrogens with one attached hydrogen (secondary N) is 1. The van der Waals surface area contributed by atoms with Crippen LogP contribution in [0.1, 0.15) is 10.6 Å². The lowest BCUT2D eigenvalue weighted by molar-refractivity contribution is 0.629. The summed E-state index contributed by atoms with van der Waals surface area (Å²) in [6.45, 7) is 1.44. The summed E-state index contributed by atoms with van der Waals surface area (Å²) < 4.78 is 14.5. The standard InChI is InChI=1S/C10H12FN3S.ClH/c1-14-8(4-5-13-14)6-12-7-9-2-3-10(11)15-9;/h2-5,12H,6-7H2,1H3;1H. The molecule has 0 aromatic carbocycles. The molecule has 0 aliphatic rings. The van der Waals surface area contributed by atoms with Crippen molar-refractivity contribution in [3.05, 3.63) is 40.1 Å². The summed E-state index contributed by atoms with van der Waals surface area (Å²) >= 11 is 1.18. The average Bonchev–Trinajstić information content (AvgIpc) is 2.77. The fourth-order valence-corrected chi connectivity index (χ4v) is 2.03. The molecular weight excluding hydrogens is 249 g/mol. The first-order valence-corrected chi connectivity index (χ1v) is 5.49. The van der Waals surface area contributed by atoms with Gasteiger partial charge in [0.2, 0.25) is 0 Å². The third-order valence-corrected chi connectivity index (χ3v) is 3.03. The molecule has 0 aliphatic heterocycles. The van der Waals surface area contributed by atoms with E-state index >= 15 is 0 Å². The molecule has 0 saturated carbocycles. The van der Waals surface area contributed by atoms with E-state index in [1.165, 1.54) is 17.4 Å². The number of hydrogen-bond acceptors (Lipinski definition) is 3. The van der Waals surface area contributed by atoms with Gasteiger partial charge in [-0.3, -0.25) is 4.68 Å². The van der Waals surface area contributed by atoms with Gasteiger partial charge >= 0.3 is 0 Å². The Balaban J connectivity index is 0.00000128. The molecule has 2 aromatic heterocycles. The quantitative estimate of drug-likeness (QED) is 0.916. The van der Waals surface area contributed by atoms with Crippen LogP contribution in [0.25, 0.3) is 0 Å². The van der Waals surface area contributed by atoms with Gasteiger partial charge in [0.05, 0.1) is 5.69 Å². The lowest BCUT2D eigenvalue weighted by Gasteiger charge is -2.03. The van der Waals surface area contributed by atoms with Gasteiger partial charge in [-0.1, -0.05) is 0 Å². The number of rotatable bonds is 4. The molecule has 6 heteroatoms. The van der Waals surface area contributed by atoms with Gasteiger partial charge in [0.1, 0.15) is 0 Å². The van der Waals surface area contributed by atoms with Crippen LogP contribution in [0.2, 0.25) is 0 Å². The van der Waals surface area contributed by atoms with E-state index in [-0.39, 0.29) is 17.5 Å². The van der Waals surface area contributed by atoms with Crippen molar-refractivity contribution in [2.24, 2.45) is 7.05 Å². The Morgan fingerprint density at radius 3 is 2.75 bits per heavy atom. The van der Waals surface area contributed by atoms with Crippen LogP contribution in [-0.4, -0.2) is 9.78 Å². The maximum Gasteiger partial charge on any atom is 0.176 e. The van der Waals surface area contributed by atoms with Crippen LogP contribution in [0.15, 0.2) is 24.4 Å². The fourth-order valence-electron chi connectivity index (χ4n) is 1.34. The molecule has 0 aliphatic carbocycles. The molecule has 0 unspecified atom stereocenters. The highest BCUT2D eigenvalue weighted by Crippen LogP contribution is 2.13. The molecule has 88 valence electrons. The molecule has 0 spiro atoms. The van der Waals surface area contributed by atoms with E-state index in [1.54, 1.807) is 12.3 Å². The second-order valence-corrected chi connectivity index (χ2v) is 4.37. The van der Waals surface area contributed by atoms with Gasteiger partial charge < -0.3 is 5.32 Å². The van der Waals surface area contributed by atoms with Gasteiger partial charge in [0, 0.05) is 31.2 Å². The maximum atomic E-state index is 12.7. The first-order valence-electron chi connectivity index (χ1n) is 4.67. The highest BCUT2D eigenvalue weighted by molar-refractivity contribution is 7.10. The zero-order valence-corrected chi connectivity index (χ0v) is 10.4. The summed E-state index contributed by atoms with van der Waals surface area (Å²) in [5, 5.41) is 7.17. The number of aromatic nitrogens is 2. The Morgan fingerprint density at radius 1 is 1.38 bits per heavy atom. The van der Waals surface area contributed by atoms with Crippen LogP contribution in [0.5, 0.6) is 0 Å². The molecule has 2 rings (SSSR count). The summed E-state index contributed by atoms with van der Waals surface area (Å²) in [6.07, 6.45) is 1.77. The SMILES string of the molecule is Cl.Cn1nccc1CNCc1ccc(F)s1. The summed E-state index contributed by atoms with van der Waals surface area (Å²) in [5.41, 5.74) is 1.12. The van der Waals surface area contributed by atoms with E-state index in [0.29, 0.717) is 6.54 Å². The minimum absolute atomic E-state index is 0. The molecule has 0 bridgehead atoms. The summed E-state index contributed by atoms with van der Waals surface area (Å²) in [6, 6.07) is 5.25. The third kappa shape index (κ3) is 3.30. The predicted molar refractivity (Wildman–Crippen MR) is 65.3 cm³/mol. The Labute approximate surface area is 104 Å². The van der Waals surface area contributed by atoms with Gasteiger partial charge in [-0.15, -0.1) is 23.7 Å². The molecule has 0 radical (unpaired) electrons. The van der Waals surface area contributed by atoms with Crippen molar-refractivity contribution in [1.29, 1.82) is 0 Å². The molecule has 2 aromatic rings. The van der Waals surface area contributed by atoms with Gasteiger partial charge in [-0.25, -0.2) is 0 Å². The molecule has 0 amide bonds. The molecule has 3 nitrogen and oxygen atoms in total. The number of thiophene rings is 1. The molecule has 16 heavy (non-hydrogen) atoms. The molecule has 1 N–H and O–H groups in total. The lowest BCUT2D eigenvalue weighted by atomic mass is 10.4. The van der Waals surface area contributed by atoms with Crippen LogP contribution in [0.3, 0.4) is 0 Å². The minimum Gasteiger partial charge on any atom is -0.306 e. The Bertz CT molecular complexity index is 441. The maximum absolute atomic E-state index is 12.7. The van der Waals surface area contributed by atoms with Crippen LogP contribution in [0.4, 0.5) is 4.39 Å². The van der Waals surface area contributed by atoms with Gasteiger partial charge in [-0.2, -0.15) is 9.49 Å². The van der Waals surface area contributed by atoms with E-state index in [9.17, 15) is 4.39 Å². The number of hydrogen-bond donors (Lipinski definition) is 1. The molecule has 0 saturated heterocycles. The van der Waals surface area contributed by atoms with E-state index in [2.05, 4.69) is 10.4 Å². The molecule has 2 heterocycles. The average molecular weight is 262 g/mol. The summed E-state index contributed by atoms with van der Waals surface area (Å²) in [4.78, 5) is 1.01. The third-order valence-electron chi connectivity index (χ3n) is 2.16. The van der Waals surface area contributed by atoms with Crippen LogP contribution in [-0.2, 0) is 20.1 Å². The van der Waals surface area contributed by atoms with Crippen molar-refractivity contribution in [2.45, 2.75) is 13.1 Å². The smallest absolute Gasteiger partial charge is 0.176 e.